The number of carbonyl (C=O) groups excluding carboxylic acids is 1. The van der Waals surface area contributed by atoms with Crippen molar-refractivity contribution in [3.63, 3.8) is 0 Å². The lowest BCUT2D eigenvalue weighted by Gasteiger charge is -1.77. The summed E-state index contributed by atoms with van der Waals surface area (Å²) in [7, 11) is 0. The largest absolute Gasteiger partial charge is 0.297 e. The molecule has 0 saturated carbocycles. The van der Waals surface area contributed by atoms with Crippen molar-refractivity contribution >= 4 is 38.4 Å². The Labute approximate surface area is 72.3 Å². The molecule has 11 heavy (non-hydrogen) atoms. The maximum absolute atomic E-state index is 10.4. The summed E-state index contributed by atoms with van der Waals surface area (Å²) < 4.78 is 1.25. The molecule has 0 bridgehead atoms. The Morgan fingerprint density at radius 3 is 3.00 bits per heavy atom. The van der Waals surface area contributed by atoms with Gasteiger partial charge >= 0.3 is 0 Å². The zero-order chi connectivity index (χ0) is 7.84. The van der Waals surface area contributed by atoms with Gasteiger partial charge in [-0.2, -0.15) is 0 Å². The van der Waals surface area contributed by atoms with Crippen LogP contribution in [-0.4, -0.2) is 6.29 Å². The number of aryl methyl sites for hydroxylation is 1. The van der Waals surface area contributed by atoms with Gasteiger partial charge < -0.3 is 0 Å². The minimum absolute atomic E-state index is 0.829. The van der Waals surface area contributed by atoms with Crippen molar-refractivity contribution < 1.29 is 4.79 Å². The van der Waals surface area contributed by atoms with Crippen LogP contribution in [0.25, 0.3) is 9.40 Å². The van der Waals surface area contributed by atoms with Crippen LogP contribution >= 0.6 is 22.7 Å². The number of carbonyl (C=O) groups is 1. The van der Waals surface area contributed by atoms with Gasteiger partial charge in [-0.05, 0) is 23.9 Å². The van der Waals surface area contributed by atoms with Crippen LogP contribution in [0.2, 0.25) is 0 Å². The molecule has 0 aliphatic heterocycles. The van der Waals surface area contributed by atoms with Crippen LogP contribution in [0.5, 0.6) is 0 Å². The van der Waals surface area contributed by atoms with Crippen molar-refractivity contribution in [2.45, 2.75) is 6.92 Å². The minimum atomic E-state index is 0.829. The van der Waals surface area contributed by atoms with Crippen molar-refractivity contribution in [3.8, 4) is 0 Å². The lowest BCUT2D eigenvalue weighted by molar-refractivity contribution is 0.112. The first-order valence-corrected chi connectivity index (χ1v) is 4.93. The number of thiophene rings is 2. The predicted octanol–water partition coefficient (Wildman–Crippen LogP) is 3.08. The second-order valence-corrected chi connectivity index (χ2v) is 4.61. The van der Waals surface area contributed by atoms with Crippen LogP contribution < -0.4 is 0 Å². The van der Waals surface area contributed by atoms with Crippen molar-refractivity contribution in [3.05, 3.63) is 21.9 Å². The van der Waals surface area contributed by atoms with E-state index in [1.807, 2.05) is 6.07 Å². The first kappa shape index (κ1) is 7.00. The fraction of sp³-hybridized carbons (Fsp3) is 0.125. The highest BCUT2D eigenvalue weighted by Gasteiger charge is 2.04. The second-order valence-electron chi connectivity index (χ2n) is 2.39. The molecule has 2 rings (SSSR count). The summed E-state index contributed by atoms with van der Waals surface area (Å²) in [5.41, 5.74) is 1.27. The smallest absolute Gasteiger partial charge is 0.160 e. The van der Waals surface area contributed by atoms with Gasteiger partial charge in [0, 0.05) is 5.39 Å². The molecule has 0 fully saturated rings. The van der Waals surface area contributed by atoms with Crippen molar-refractivity contribution in [1.29, 1.82) is 0 Å². The van der Waals surface area contributed by atoms with E-state index in [-0.39, 0.29) is 0 Å². The van der Waals surface area contributed by atoms with E-state index in [9.17, 15) is 4.79 Å². The Morgan fingerprint density at radius 2 is 2.36 bits per heavy atom. The molecule has 2 aromatic rings. The molecule has 56 valence electrons. The summed E-state index contributed by atoms with van der Waals surface area (Å²) in [5.74, 6) is 0. The fourth-order valence-corrected chi connectivity index (χ4v) is 3.17. The molecule has 0 aliphatic rings. The highest BCUT2D eigenvalue weighted by Crippen LogP contribution is 2.32. The van der Waals surface area contributed by atoms with Gasteiger partial charge in [0.15, 0.2) is 6.29 Å². The number of rotatable bonds is 1. The van der Waals surface area contributed by atoms with E-state index >= 15 is 0 Å². The van der Waals surface area contributed by atoms with Crippen molar-refractivity contribution in [2.24, 2.45) is 0 Å². The van der Waals surface area contributed by atoms with Gasteiger partial charge in [0.2, 0.25) is 0 Å². The quantitative estimate of drug-likeness (QED) is 0.619. The third-order valence-electron chi connectivity index (χ3n) is 1.60. The summed E-state index contributed by atoms with van der Waals surface area (Å²) in [4.78, 5) is 11.2. The maximum Gasteiger partial charge on any atom is 0.160 e. The highest BCUT2D eigenvalue weighted by atomic mass is 32.2. The molecule has 0 aliphatic carbocycles. The average molecular weight is 182 g/mol. The normalized spacial score (nSPS) is 10.6. The van der Waals surface area contributed by atoms with Gasteiger partial charge in [0.1, 0.15) is 0 Å². The zero-order valence-electron chi connectivity index (χ0n) is 5.96. The van der Waals surface area contributed by atoms with Crippen molar-refractivity contribution in [2.75, 3.05) is 0 Å². The van der Waals surface area contributed by atoms with E-state index in [1.54, 1.807) is 22.7 Å². The SMILES string of the molecule is Cc1csc2sc(C=O)cc12. The van der Waals surface area contributed by atoms with Gasteiger partial charge in [0.05, 0.1) is 8.89 Å². The molecule has 0 unspecified atom stereocenters. The first-order chi connectivity index (χ1) is 5.31. The Kier molecular flexibility index (Phi) is 1.55. The van der Waals surface area contributed by atoms with Gasteiger partial charge in [-0.15, -0.1) is 22.7 Å². The Bertz CT molecular complexity index is 397. The molecule has 0 atom stereocenters. The van der Waals surface area contributed by atoms with Gasteiger partial charge in [0.25, 0.3) is 0 Å². The van der Waals surface area contributed by atoms with Crippen LogP contribution in [0.3, 0.4) is 0 Å². The molecule has 0 spiro atoms. The molecule has 0 amide bonds. The molecule has 3 heteroatoms. The van der Waals surface area contributed by atoms with E-state index in [1.165, 1.54) is 15.0 Å². The summed E-state index contributed by atoms with van der Waals surface area (Å²) >= 11 is 3.28. The van der Waals surface area contributed by atoms with Crippen LogP contribution in [0, 0.1) is 6.92 Å². The average Bonchev–Trinajstić information content (AvgIpc) is 2.53. The third kappa shape index (κ3) is 1.01. The topological polar surface area (TPSA) is 17.1 Å². The fourth-order valence-electron chi connectivity index (χ4n) is 1.02. The number of fused-ring (bicyclic) bond motifs is 1. The summed E-state index contributed by atoms with van der Waals surface area (Å²) in [6.45, 7) is 2.07. The molecule has 2 aromatic heterocycles. The summed E-state index contributed by atoms with van der Waals surface area (Å²) in [6.07, 6.45) is 0.914. The summed E-state index contributed by atoms with van der Waals surface area (Å²) in [5, 5.41) is 3.36. The van der Waals surface area contributed by atoms with Crippen LogP contribution in [0.15, 0.2) is 11.4 Å². The lowest BCUT2D eigenvalue weighted by atomic mass is 10.3. The monoisotopic (exact) mass is 182 g/mol. The van der Waals surface area contributed by atoms with E-state index < -0.39 is 0 Å². The molecular weight excluding hydrogens is 176 g/mol. The van der Waals surface area contributed by atoms with E-state index in [2.05, 4.69) is 12.3 Å². The van der Waals surface area contributed by atoms with Crippen LogP contribution in [0.1, 0.15) is 15.2 Å². The van der Waals surface area contributed by atoms with Crippen molar-refractivity contribution in [1.82, 2.24) is 0 Å². The maximum atomic E-state index is 10.4. The molecular formula is C8H6OS2. The van der Waals surface area contributed by atoms with E-state index in [0.717, 1.165) is 11.2 Å². The van der Waals surface area contributed by atoms with Crippen LogP contribution in [-0.2, 0) is 0 Å². The minimum Gasteiger partial charge on any atom is -0.297 e. The molecule has 0 radical (unpaired) electrons. The Balaban J connectivity index is 2.79. The molecule has 1 nitrogen and oxygen atoms in total. The molecule has 0 aromatic carbocycles. The second kappa shape index (κ2) is 2.43. The van der Waals surface area contributed by atoms with E-state index in [4.69, 9.17) is 0 Å². The molecule has 0 N–H and O–H groups in total. The van der Waals surface area contributed by atoms with Gasteiger partial charge in [-0.25, -0.2) is 0 Å². The number of hydrogen-bond acceptors (Lipinski definition) is 3. The first-order valence-electron chi connectivity index (χ1n) is 3.24. The van der Waals surface area contributed by atoms with Gasteiger partial charge in [-0.3, -0.25) is 4.79 Å². The summed E-state index contributed by atoms with van der Waals surface area (Å²) in [6, 6.07) is 1.96. The lowest BCUT2D eigenvalue weighted by Crippen LogP contribution is -1.65. The van der Waals surface area contributed by atoms with Gasteiger partial charge in [-0.1, -0.05) is 0 Å². The van der Waals surface area contributed by atoms with Crippen LogP contribution in [0.4, 0.5) is 0 Å². The number of aldehydes is 1. The zero-order valence-corrected chi connectivity index (χ0v) is 7.59. The predicted molar refractivity (Wildman–Crippen MR) is 49.8 cm³/mol. The Morgan fingerprint density at radius 1 is 1.55 bits per heavy atom. The third-order valence-corrected chi connectivity index (χ3v) is 3.90. The number of hydrogen-bond donors (Lipinski definition) is 0. The molecule has 2 heterocycles. The highest BCUT2D eigenvalue weighted by molar-refractivity contribution is 7.38. The van der Waals surface area contributed by atoms with E-state index in [0.29, 0.717) is 0 Å². The standard InChI is InChI=1S/C8H6OS2/c1-5-4-10-8-7(5)2-6(3-9)11-8/h2-4H,1H3. The Hall–Kier alpha value is -0.670. The molecule has 0 saturated heterocycles.